The van der Waals surface area contributed by atoms with Crippen molar-refractivity contribution in [2.45, 2.75) is 13.5 Å². The maximum absolute atomic E-state index is 13.3. The van der Waals surface area contributed by atoms with Crippen molar-refractivity contribution >= 4 is 16.9 Å². The Labute approximate surface area is 195 Å². The van der Waals surface area contributed by atoms with E-state index < -0.39 is 0 Å². The maximum atomic E-state index is 13.3. The Hall–Kier alpha value is -4.46. The average molecular weight is 451 g/mol. The summed E-state index contributed by atoms with van der Waals surface area (Å²) in [5.74, 6) is 1.68. The van der Waals surface area contributed by atoms with Crippen molar-refractivity contribution < 1.29 is 9.53 Å². The number of benzene rings is 3. The molecule has 5 aromatic rings. The van der Waals surface area contributed by atoms with Crippen LogP contribution in [0, 0.1) is 6.92 Å². The molecule has 0 unspecified atom stereocenters. The van der Waals surface area contributed by atoms with Gasteiger partial charge in [-0.15, -0.1) is 0 Å². The van der Waals surface area contributed by atoms with E-state index in [-0.39, 0.29) is 5.91 Å². The largest absolute Gasteiger partial charge is 0.491 e. The molecule has 3 heterocycles. The highest BCUT2D eigenvalue weighted by molar-refractivity contribution is 5.94. The van der Waals surface area contributed by atoms with Gasteiger partial charge in [0.2, 0.25) is 0 Å². The fraction of sp³-hybridized carbons (Fsp3) is 0.154. The number of aromatic amines is 1. The first kappa shape index (κ1) is 20.2. The number of aromatic nitrogens is 5. The minimum Gasteiger partial charge on any atom is -0.491 e. The summed E-state index contributed by atoms with van der Waals surface area (Å²) in [6, 6.07) is 19.8. The van der Waals surface area contributed by atoms with Gasteiger partial charge in [0, 0.05) is 17.7 Å². The molecule has 2 aromatic heterocycles. The fourth-order valence-corrected chi connectivity index (χ4v) is 4.34. The highest BCUT2D eigenvalue weighted by atomic mass is 16.5. The molecule has 168 valence electrons. The molecular formula is C26H22N6O2. The molecule has 8 heteroatoms. The van der Waals surface area contributed by atoms with E-state index in [1.165, 1.54) is 6.33 Å². The van der Waals surface area contributed by atoms with Crippen molar-refractivity contribution in [3.63, 3.8) is 0 Å². The first-order valence-corrected chi connectivity index (χ1v) is 11.1. The third-order valence-electron chi connectivity index (χ3n) is 6.06. The van der Waals surface area contributed by atoms with Gasteiger partial charge in [0.15, 0.2) is 0 Å². The number of nitrogens with zero attached hydrogens (tertiary/aromatic N) is 5. The molecule has 0 radical (unpaired) electrons. The van der Waals surface area contributed by atoms with Gasteiger partial charge >= 0.3 is 0 Å². The molecule has 1 N–H and O–H groups in total. The molecule has 8 nitrogen and oxygen atoms in total. The van der Waals surface area contributed by atoms with Crippen LogP contribution >= 0.6 is 0 Å². The molecule has 0 saturated heterocycles. The van der Waals surface area contributed by atoms with Gasteiger partial charge in [-0.25, -0.2) is 14.6 Å². The molecule has 0 bridgehead atoms. The number of rotatable bonds is 3. The summed E-state index contributed by atoms with van der Waals surface area (Å²) in [6.07, 6.45) is 3.11. The number of hydrogen-bond acceptors (Lipinski definition) is 5. The van der Waals surface area contributed by atoms with E-state index in [9.17, 15) is 4.79 Å². The van der Waals surface area contributed by atoms with Crippen LogP contribution in [0.2, 0.25) is 0 Å². The first-order valence-electron chi connectivity index (χ1n) is 11.1. The van der Waals surface area contributed by atoms with Gasteiger partial charge in [0.25, 0.3) is 5.91 Å². The predicted molar refractivity (Wildman–Crippen MR) is 128 cm³/mol. The molecule has 0 aliphatic carbocycles. The molecule has 0 atom stereocenters. The van der Waals surface area contributed by atoms with Crippen molar-refractivity contribution in [1.82, 2.24) is 29.6 Å². The zero-order valence-electron chi connectivity index (χ0n) is 18.6. The van der Waals surface area contributed by atoms with Crippen LogP contribution in [0.3, 0.4) is 0 Å². The van der Waals surface area contributed by atoms with Crippen molar-refractivity contribution in [3.05, 3.63) is 90.3 Å². The minimum absolute atomic E-state index is 0.0274. The molecule has 1 amide bonds. The molecule has 34 heavy (non-hydrogen) atoms. The molecular weight excluding hydrogens is 428 g/mol. The normalized spacial score (nSPS) is 13.4. The highest BCUT2D eigenvalue weighted by Crippen LogP contribution is 2.31. The lowest BCUT2D eigenvalue weighted by Gasteiger charge is -2.20. The van der Waals surface area contributed by atoms with Crippen molar-refractivity contribution in [3.8, 4) is 22.6 Å². The Morgan fingerprint density at radius 3 is 2.68 bits per heavy atom. The smallest absolute Gasteiger partial charge is 0.254 e. The second kappa shape index (κ2) is 8.15. The Morgan fingerprint density at radius 2 is 1.85 bits per heavy atom. The van der Waals surface area contributed by atoms with Gasteiger partial charge in [-0.05, 0) is 66.6 Å². The van der Waals surface area contributed by atoms with Gasteiger partial charge in [0.05, 0.1) is 23.3 Å². The third-order valence-corrected chi connectivity index (χ3v) is 6.06. The molecule has 1 aliphatic rings. The number of fused-ring (bicyclic) bond motifs is 2. The summed E-state index contributed by atoms with van der Waals surface area (Å²) in [5.41, 5.74) is 6.57. The van der Waals surface area contributed by atoms with Crippen LogP contribution in [-0.4, -0.2) is 48.7 Å². The average Bonchev–Trinajstić information content (AvgIpc) is 3.47. The third kappa shape index (κ3) is 3.69. The maximum Gasteiger partial charge on any atom is 0.254 e. The number of nitrogens with one attached hydrogen (secondary N) is 1. The first-order chi connectivity index (χ1) is 16.6. The number of ether oxygens (including phenoxy) is 1. The molecule has 3 aromatic carbocycles. The number of H-pyrrole nitrogens is 1. The summed E-state index contributed by atoms with van der Waals surface area (Å²) < 4.78 is 7.63. The van der Waals surface area contributed by atoms with E-state index in [4.69, 9.17) is 4.74 Å². The van der Waals surface area contributed by atoms with Crippen molar-refractivity contribution in [1.29, 1.82) is 0 Å². The lowest BCUT2D eigenvalue weighted by molar-refractivity contribution is 0.0733. The Morgan fingerprint density at radius 1 is 1.03 bits per heavy atom. The molecule has 6 rings (SSSR count). The summed E-state index contributed by atoms with van der Waals surface area (Å²) >= 11 is 0. The van der Waals surface area contributed by atoms with Gasteiger partial charge in [-0.2, -0.15) is 5.10 Å². The molecule has 0 saturated carbocycles. The van der Waals surface area contributed by atoms with E-state index >= 15 is 0 Å². The zero-order valence-corrected chi connectivity index (χ0v) is 18.6. The van der Waals surface area contributed by atoms with Crippen LogP contribution < -0.4 is 4.74 Å². The quantitative estimate of drug-likeness (QED) is 0.446. The predicted octanol–water partition coefficient (Wildman–Crippen LogP) is 4.15. The Bertz CT molecular complexity index is 1490. The van der Waals surface area contributed by atoms with E-state index in [0.717, 1.165) is 45.0 Å². The minimum atomic E-state index is -0.0274. The van der Waals surface area contributed by atoms with Crippen LogP contribution in [0.25, 0.3) is 27.8 Å². The van der Waals surface area contributed by atoms with Crippen LogP contribution in [0.1, 0.15) is 21.7 Å². The van der Waals surface area contributed by atoms with E-state index in [2.05, 4.69) is 44.3 Å². The number of amides is 1. The van der Waals surface area contributed by atoms with Crippen LogP contribution in [0.15, 0.2) is 73.3 Å². The fourth-order valence-electron chi connectivity index (χ4n) is 4.34. The number of aryl methyl sites for hydroxylation is 1. The molecule has 0 fully saturated rings. The van der Waals surface area contributed by atoms with Gasteiger partial charge in [-0.1, -0.05) is 12.1 Å². The summed E-state index contributed by atoms with van der Waals surface area (Å²) in [4.78, 5) is 26.9. The van der Waals surface area contributed by atoms with Gasteiger partial charge < -0.3 is 14.6 Å². The standard InChI is InChI=1S/C26H22N6O2/c1-17-29-23-8-4-20(13-24(23)30-17)19-5-9-25-21(12-19)14-31(10-11-34-25)26(33)18-2-6-22(7-3-18)32-16-27-15-28-32/h2-9,12-13,15-16H,10-11,14H2,1H3,(H,29,30). The number of carbonyl (C=O) groups is 1. The number of carbonyl (C=O) groups excluding carboxylic acids is 1. The summed E-state index contributed by atoms with van der Waals surface area (Å²) in [6.45, 7) is 3.41. The van der Waals surface area contributed by atoms with Crippen LogP contribution in [0.4, 0.5) is 0 Å². The highest BCUT2D eigenvalue weighted by Gasteiger charge is 2.22. The molecule has 0 spiro atoms. The second-order valence-corrected chi connectivity index (χ2v) is 8.34. The van der Waals surface area contributed by atoms with E-state index in [0.29, 0.717) is 25.3 Å². The summed E-state index contributed by atoms with van der Waals surface area (Å²) in [7, 11) is 0. The lowest BCUT2D eigenvalue weighted by Crippen LogP contribution is -2.32. The number of imidazole rings is 1. The molecule has 1 aliphatic heterocycles. The van der Waals surface area contributed by atoms with Crippen LogP contribution in [0.5, 0.6) is 5.75 Å². The van der Waals surface area contributed by atoms with Crippen molar-refractivity contribution in [2.24, 2.45) is 0 Å². The Kier molecular flexibility index (Phi) is 4.83. The summed E-state index contributed by atoms with van der Waals surface area (Å²) in [5, 5.41) is 4.13. The van der Waals surface area contributed by atoms with Crippen molar-refractivity contribution in [2.75, 3.05) is 13.2 Å². The lowest BCUT2D eigenvalue weighted by atomic mass is 10.0. The SMILES string of the molecule is Cc1nc2cc(-c3ccc4c(c3)CN(C(=O)c3ccc(-n5cncn5)cc3)CCO4)ccc2[nH]1. The topological polar surface area (TPSA) is 88.9 Å². The number of hydrogen-bond donors (Lipinski definition) is 1. The van der Waals surface area contributed by atoms with Gasteiger partial charge in [-0.3, -0.25) is 4.79 Å². The van der Waals surface area contributed by atoms with Crippen LogP contribution in [-0.2, 0) is 6.54 Å². The second-order valence-electron chi connectivity index (χ2n) is 8.34. The van der Waals surface area contributed by atoms with Gasteiger partial charge in [0.1, 0.15) is 30.8 Å². The zero-order chi connectivity index (χ0) is 23.1. The monoisotopic (exact) mass is 450 g/mol. The Balaban J connectivity index is 1.27. The van der Waals surface area contributed by atoms with E-state index in [1.807, 2.05) is 48.2 Å². The van der Waals surface area contributed by atoms with E-state index in [1.54, 1.807) is 11.0 Å².